The van der Waals surface area contributed by atoms with Gasteiger partial charge in [-0.25, -0.2) is 0 Å². The van der Waals surface area contributed by atoms with Crippen LogP contribution >= 0.6 is 23.4 Å². The van der Waals surface area contributed by atoms with E-state index in [4.69, 9.17) is 16.3 Å². The molecule has 2 aromatic carbocycles. The number of rotatable bonds is 10. The number of hydrogen-bond acceptors (Lipinski definition) is 6. The highest BCUT2D eigenvalue weighted by molar-refractivity contribution is 8.02. The van der Waals surface area contributed by atoms with Crippen molar-refractivity contribution >= 4 is 52.5 Å². The predicted molar refractivity (Wildman–Crippen MR) is 148 cm³/mol. The number of nitrogens with one attached hydrogen (secondary N) is 2. The van der Waals surface area contributed by atoms with Crippen LogP contribution in [0.3, 0.4) is 0 Å². The summed E-state index contributed by atoms with van der Waals surface area (Å²) >= 11 is 7.63. The molecule has 5 atom stereocenters. The Morgan fingerprint density at radius 1 is 1.08 bits per heavy atom. The summed E-state index contributed by atoms with van der Waals surface area (Å²) in [6.07, 6.45) is 2.57. The summed E-state index contributed by atoms with van der Waals surface area (Å²) in [5.74, 6) is -0.987. The number of nitrogens with zero attached hydrogens (tertiary/aromatic N) is 1. The van der Waals surface area contributed by atoms with Crippen LogP contribution < -0.4 is 15.4 Å². The zero-order valence-electron chi connectivity index (χ0n) is 21.2. The second-order valence-electron chi connectivity index (χ2n) is 9.96. The van der Waals surface area contributed by atoms with E-state index in [0.717, 1.165) is 12.2 Å². The molecular weight excluding hydrogens is 526 g/mol. The second-order valence-corrected chi connectivity index (χ2v) is 12.0. The molecule has 5 rings (SSSR count). The summed E-state index contributed by atoms with van der Waals surface area (Å²) < 4.78 is 4.82. The quantitative estimate of drug-likeness (QED) is 0.378. The van der Waals surface area contributed by atoms with Crippen molar-refractivity contribution in [2.45, 2.75) is 48.6 Å². The molecule has 3 N–H and O–H groups in total. The molecule has 202 valence electrons. The van der Waals surface area contributed by atoms with Crippen molar-refractivity contribution in [2.75, 3.05) is 30.4 Å². The highest BCUT2D eigenvalue weighted by Gasteiger charge is 2.73. The summed E-state index contributed by atoms with van der Waals surface area (Å²) in [4.78, 5) is 42.9. The first-order chi connectivity index (χ1) is 18.4. The van der Waals surface area contributed by atoms with Crippen LogP contribution in [0.2, 0.25) is 5.02 Å². The zero-order valence-corrected chi connectivity index (χ0v) is 22.8. The molecule has 3 amide bonds. The normalized spacial score (nSPS) is 27.3. The molecule has 2 unspecified atom stereocenters. The van der Waals surface area contributed by atoms with Gasteiger partial charge >= 0.3 is 0 Å². The number of carbonyl (C=O) groups excluding carboxylic acids is 3. The Balaban J connectivity index is 1.40. The van der Waals surface area contributed by atoms with Gasteiger partial charge in [0, 0.05) is 34.8 Å². The van der Waals surface area contributed by atoms with Crippen molar-refractivity contribution in [3.63, 3.8) is 0 Å². The average molecular weight is 558 g/mol. The lowest BCUT2D eigenvalue weighted by molar-refractivity contribution is -0.138. The molecule has 3 saturated heterocycles. The van der Waals surface area contributed by atoms with Crippen molar-refractivity contribution in [3.05, 3.63) is 53.6 Å². The lowest BCUT2D eigenvalue weighted by atomic mass is 9.70. The Hall–Kier alpha value is -2.75. The van der Waals surface area contributed by atoms with Gasteiger partial charge in [-0.05, 0) is 81.1 Å². The third-order valence-corrected chi connectivity index (χ3v) is 9.91. The third-order valence-electron chi connectivity index (χ3n) is 7.70. The van der Waals surface area contributed by atoms with E-state index in [2.05, 4.69) is 10.6 Å². The number of anilines is 2. The van der Waals surface area contributed by atoms with E-state index in [1.54, 1.807) is 65.2 Å². The maximum atomic E-state index is 13.9. The molecule has 3 aliphatic rings. The zero-order chi connectivity index (χ0) is 26.9. The van der Waals surface area contributed by atoms with Gasteiger partial charge in [-0.3, -0.25) is 14.4 Å². The Labute approximate surface area is 231 Å². The molecule has 0 aliphatic carbocycles. The number of ether oxygens (including phenoxy) is 1. The van der Waals surface area contributed by atoms with Gasteiger partial charge in [-0.2, -0.15) is 0 Å². The Bertz CT molecular complexity index is 1190. The van der Waals surface area contributed by atoms with E-state index in [1.165, 1.54) is 0 Å². The van der Waals surface area contributed by atoms with Crippen LogP contribution in [-0.4, -0.2) is 63.5 Å². The summed E-state index contributed by atoms with van der Waals surface area (Å²) in [5.41, 5.74) is 1.24. The van der Waals surface area contributed by atoms with E-state index < -0.39 is 22.6 Å². The number of fused-ring (bicyclic) bond motifs is 1. The maximum absolute atomic E-state index is 13.9. The summed E-state index contributed by atoms with van der Waals surface area (Å²) in [6.45, 7) is 2.84. The van der Waals surface area contributed by atoms with Crippen LogP contribution in [0, 0.1) is 11.8 Å². The largest absolute Gasteiger partial charge is 0.494 e. The number of aliphatic hydroxyl groups excluding tert-OH is 1. The smallest absolute Gasteiger partial charge is 0.248 e. The lowest BCUT2D eigenvalue weighted by Crippen LogP contribution is -2.51. The van der Waals surface area contributed by atoms with Crippen molar-refractivity contribution in [1.29, 1.82) is 0 Å². The summed E-state index contributed by atoms with van der Waals surface area (Å²) in [7, 11) is 0. The minimum absolute atomic E-state index is 0.0161. The number of halogens is 1. The van der Waals surface area contributed by atoms with Gasteiger partial charge in [-0.15, -0.1) is 11.8 Å². The van der Waals surface area contributed by atoms with Gasteiger partial charge in [-0.1, -0.05) is 11.6 Å². The van der Waals surface area contributed by atoms with Crippen molar-refractivity contribution in [3.8, 4) is 5.75 Å². The minimum atomic E-state index is -0.701. The Morgan fingerprint density at radius 3 is 2.39 bits per heavy atom. The van der Waals surface area contributed by atoms with E-state index in [-0.39, 0.29) is 29.6 Å². The van der Waals surface area contributed by atoms with Crippen LogP contribution in [0.5, 0.6) is 5.75 Å². The lowest BCUT2D eigenvalue weighted by Gasteiger charge is -2.34. The van der Waals surface area contributed by atoms with Crippen LogP contribution in [0.1, 0.15) is 32.6 Å². The third kappa shape index (κ3) is 4.87. The molecule has 0 saturated carbocycles. The van der Waals surface area contributed by atoms with Crippen LogP contribution in [0.4, 0.5) is 11.4 Å². The molecule has 0 aromatic heterocycles. The molecule has 10 heteroatoms. The molecular formula is C28H32ClN3O5S. The monoisotopic (exact) mass is 557 g/mol. The topological polar surface area (TPSA) is 108 Å². The molecule has 0 radical (unpaired) electrons. The molecule has 1 spiro atoms. The summed E-state index contributed by atoms with van der Waals surface area (Å²) in [5, 5.41) is 15.8. The van der Waals surface area contributed by atoms with Gasteiger partial charge in [0.2, 0.25) is 17.7 Å². The van der Waals surface area contributed by atoms with E-state index in [0.29, 0.717) is 48.8 Å². The molecule has 38 heavy (non-hydrogen) atoms. The first kappa shape index (κ1) is 26.8. The first-order valence-corrected chi connectivity index (χ1v) is 14.3. The highest BCUT2D eigenvalue weighted by Crippen LogP contribution is 2.66. The standard InChI is InChI=1S/C28H32ClN3O5S/c1-2-37-20-11-9-19(10-12-20)30-25(34)22-21-13-14-28(38-21)23(22)27(36)32(15-3-4-16-33)24(28)26(35)31-18-7-5-17(29)6-8-18/h5-12,21-24,33H,2-4,13-16H2,1H3,(H,30,34)(H,31,35)/t21-,22+,23-,24?,28?/m0/s1. The van der Waals surface area contributed by atoms with Crippen molar-refractivity contribution < 1.29 is 24.2 Å². The van der Waals surface area contributed by atoms with Crippen LogP contribution in [-0.2, 0) is 14.4 Å². The molecule has 3 fully saturated rings. The van der Waals surface area contributed by atoms with E-state index in [9.17, 15) is 19.5 Å². The van der Waals surface area contributed by atoms with E-state index >= 15 is 0 Å². The van der Waals surface area contributed by atoms with Crippen molar-refractivity contribution in [2.24, 2.45) is 11.8 Å². The van der Waals surface area contributed by atoms with Gasteiger partial charge in [0.1, 0.15) is 11.8 Å². The fraction of sp³-hybridized carbons (Fsp3) is 0.464. The SMILES string of the molecule is CCOc1ccc(NC(=O)[C@@H]2[C@@H]3CCC4(S3)C(C(=O)Nc3ccc(Cl)cc3)N(CCCCO)C(=O)[C@H]24)cc1. The number of benzene rings is 2. The highest BCUT2D eigenvalue weighted by atomic mass is 35.5. The minimum Gasteiger partial charge on any atom is -0.494 e. The predicted octanol–water partition coefficient (Wildman–Crippen LogP) is 4.18. The second kappa shape index (κ2) is 11.2. The van der Waals surface area contributed by atoms with Crippen LogP contribution in [0.25, 0.3) is 0 Å². The molecule has 3 heterocycles. The van der Waals surface area contributed by atoms with Gasteiger partial charge in [0.25, 0.3) is 0 Å². The summed E-state index contributed by atoms with van der Waals surface area (Å²) in [6, 6.07) is 13.4. The van der Waals surface area contributed by atoms with Gasteiger partial charge in [0.05, 0.1) is 23.2 Å². The first-order valence-electron chi connectivity index (χ1n) is 13.1. The van der Waals surface area contributed by atoms with E-state index in [1.807, 2.05) is 6.92 Å². The molecule has 3 aliphatic heterocycles. The number of carbonyl (C=O) groups is 3. The Morgan fingerprint density at radius 2 is 1.74 bits per heavy atom. The fourth-order valence-electron chi connectivity index (χ4n) is 6.16. The van der Waals surface area contributed by atoms with Crippen LogP contribution in [0.15, 0.2) is 48.5 Å². The molecule has 8 nitrogen and oxygen atoms in total. The maximum Gasteiger partial charge on any atom is 0.248 e. The molecule has 2 bridgehead atoms. The number of likely N-dealkylation sites (tertiary alicyclic amines) is 1. The van der Waals surface area contributed by atoms with Crippen molar-refractivity contribution in [1.82, 2.24) is 4.90 Å². The number of thioether (sulfide) groups is 1. The average Bonchev–Trinajstić information content (AvgIpc) is 3.54. The number of unbranched alkanes of at least 4 members (excludes halogenated alkanes) is 1. The van der Waals surface area contributed by atoms with Gasteiger partial charge in [0.15, 0.2) is 0 Å². The Kier molecular flexibility index (Phi) is 7.88. The number of aliphatic hydroxyl groups is 1. The molecule has 2 aromatic rings. The van der Waals surface area contributed by atoms with Gasteiger partial charge < -0.3 is 25.4 Å². The fourth-order valence-corrected chi connectivity index (χ4v) is 8.50. The number of hydrogen-bond donors (Lipinski definition) is 3. The number of amides is 3.